The summed E-state index contributed by atoms with van der Waals surface area (Å²) in [6.07, 6.45) is 0.854. The molecule has 0 N–H and O–H groups in total. The summed E-state index contributed by atoms with van der Waals surface area (Å²) >= 11 is 1.39. The Bertz CT molecular complexity index is 316. The molecule has 0 bridgehead atoms. The van der Waals surface area contributed by atoms with Gasteiger partial charge in [-0.2, -0.15) is 0 Å². The third-order valence-electron chi connectivity index (χ3n) is 1.69. The van der Waals surface area contributed by atoms with E-state index in [0.29, 0.717) is 5.56 Å². The van der Waals surface area contributed by atoms with Crippen molar-refractivity contribution in [3.63, 3.8) is 0 Å². The lowest BCUT2D eigenvalue weighted by atomic mass is 10.1. The molecule has 1 aromatic rings. The van der Waals surface area contributed by atoms with E-state index in [1.807, 2.05) is 0 Å². The third kappa shape index (κ3) is 2.15. The van der Waals surface area contributed by atoms with Gasteiger partial charge in [0.25, 0.3) is 0 Å². The molecule has 70 valence electrons. The number of hydrogen-bond acceptors (Lipinski definition) is 4. The fourth-order valence-corrected chi connectivity index (χ4v) is 1.78. The molecule has 1 atom stereocenters. The van der Waals surface area contributed by atoms with E-state index >= 15 is 0 Å². The number of methoxy groups -OCH3 is 1. The van der Waals surface area contributed by atoms with E-state index in [0.717, 1.165) is 11.2 Å². The quantitative estimate of drug-likeness (QED) is 0.549. The van der Waals surface area contributed by atoms with Crippen LogP contribution in [0.1, 0.15) is 28.1 Å². The summed E-state index contributed by atoms with van der Waals surface area (Å²) in [7, 11) is 1.34. The van der Waals surface area contributed by atoms with Gasteiger partial charge in [-0.05, 0) is 6.07 Å². The van der Waals surface area contributed by atoms with Crippen LogP contribution in [0.3, 0.4) is 0 Å². The number of thiophene rings is 1. The standard InChI is InChI=1S/C9H10O3S/c1-6(4-10)8-3-7(5-13-8)9(11)12-2/h3-6H,1-2H3. The second-order valence-corrected chi connectivity index (χ2v) is 3.60. The molecule has 1 rings (SSSR count). The minimum Gasteiger partial charge on any atom is -0.465 e. The normalized spacial score (nSPS) is 12.2. The zero-order valence-electron chi connectivity index (χ0n) is 7.44. The van der Waals surface area contributed by atoms with E-state index in [1.165, 1.54) is 18.4 Å². The summed E-state index contributed by atoms with van der Waals surface area (Å²) in [6.45, 7) is 1.79. The van der Waals surface area contributed by atoms with Crippen molar-refractivity contribution in [1.82, 2.24) is 0 Å². The molecule has 0 aromatic carbocycles. The number of rotatable bonds is 3. The van der Waals surface area contributed by atoms with Gasteiger partial charge in [0.2, 0.25) is 0 Å². The Labute approximate surface area is 80.3 Å². The lowest BCUT2D eigenvalue weighted by Crippen LogP contribution is -1.98. The Morgan fingerprint density at radius 1 is 1.69 bits per heavy atom. The first-order chi connectivity index (χ1) is 6.19. The lowest BCUT2D eigenvalue weighted by molar-refractivity contribution is -0.108. The van der Waals surface area contributed by atoms with E-state index in [1.54, 1.807) is 18.4 Å². The Kier molecular flexibility index (Phi) is 3.19. The van der Waals surface area contributed by atoms with Gasteiger partial charge in [-0.1, -0.05) is 6.92 Å². The van der Waals surface area contributed by atoms with Gasteiger partial charge in [0.1, 0.15) is 6.29 Å². The van der Waals surface area contributed by atoms with Gasteiger partial charge in [-0.25, -0.2) is 4.79 Å². The lowest BCUT2D eigenvalue weighted by Gasteiger charge is -1.96. The van der Waals surface area contributed by atoms with Crippen molar-refractivity contribution < 1.29 is 14.3 Å². The molecule has 1 unspecified atom stereocenters. The van der Waals surface area contributed by atoms with Crippen LogP contribution in [-0.2, 0) is 9.53 Å². The molecule has 3 nitrogen and oxygen atoms in total. The average molecular weight is 198 g/mol. The molecule has 1 aromatic heterocycles. The minimum absolute atomic E-state index is 0.150. The minimum atomic E-state index is -0.361. The molecule has 0 aliphatic carbocycles. The van der Waals surface area contributed by atoms with E-state index in [-0.39, 0.29) is 11.9 Å². The average Bonchev–Trinajstić information content (AvgIpc) is 2.64. The van der Waals surface area contributed by atoms with Crippen molar-refractivity contribution in [3.8, 4) is 0 Å². The summed E-state index contributed by atoms with van der Waals surface area (Å²) < 4.78 is 4.54. The molecular formula is C9H10O3S. The van der Waals surface area contributed by atoms with Gasteiger partial charge in [-0.15, -0.1) is 11.3 Å². The SMILES string of the molecule is COC(=O)c1csc(C(C)C=O)c1. The molecule has 0 spiro atoms. The van der Waals surface area contributed by atoms with Crippen LogP contribution in [0.4, 0.5) is 0 Å². The third-order valence-corrected chi connectivity index (χ3v) is 2.83. The highest BCUT2D eigenvalue weighted by molar-refractivity contribution is 7.10. The maximum Gasteiger partial charge on any atom is 0.338 e. The highest BCUT2D eigenvalue weighted by atomic mass is 32.1. The maximum atomic E-state index is 11.0. The van der Waals surface area contributed by atoms with Crippen LogP contribution in [0.25, 0.3) is 0 Å². The largest absolute Gasteiger partial charge is 0.465 e. The summed E-state index contributed by atoms with van der Waals surface area (Å²) in [5, 5.41) is 1.70. The van der Waals surface area contributed by atoms with Crippen molar-refractivity contribution in [2.75, 3.05) is 7.11 Å². The van der Waals surface area contributed by atoms with Crippen LogP contribution >= 0.6 is 11.3 Å². The fourth-order valence-electron chi connectivity index (χ4n) is 0.884. The first kappa shape index (κ1) is 9.92. The maximum absolute atomic E-state index is 11.0. The number of ether oxygens (including phenoxy) is 1. The number of carbonyl (C=O) groups is 2. The van der Waals surface area contributed by atoms with Crippen molar-refractivity contribution in [2.24, 2.45) is 0 Å². The molecule has 0 amide bonds. The van der Waals surface area contributed by atoms with Gasteiger partial charge >= 0.3 is 5.97 Å². The van der Waals surface area contributed by atoms with E-state index < -0.39 is 0 Å². The fraction of sp³-hybridized carbons (Fsp3) is 0.333. The van der Waals surface area contributed by atoms with Gasteiger partial charge in [-0.3, -0.25) is 0 Å². The smallest absolute Gasteiger partial charge is 0.338 e. The molecule has 1 heterocycles. The van der Waals surface area contributed by atoms with Crippen molar-refractivity contribution in [2.45, 2.75) is 12.8 Å². The Hall–Kier alpha value is -1.16. The van der Waals surface area contributed by atoms with Crippen molar-refractivity contribution in [1.29, 1.82) is 0 Å². The zero-order valence-corrected chi connectivity index (χ0v) is 8.26. The first-order valence-corrected chi connectivity index (χ1v) is 4.69. The van der Waals surface area contributed by atoms with Crippen LogP contribution in [0.15, 0.2) is 11.4 Å². The van der Waals surface area contributed by atoms with Crippen molar-refractivity contribution in [3.05, 3.63) is 21.9 Å². The number of hydrogen-bond donors (Lipinski definition) is 0. The number of esters is 1. The molecule has 0 fully saturated rings. The summed E-state index contributed by atoms with van der Waals surface area (Å²) in [5.74, 6) is -0.510. The second-order valence-electron chi connectivity index (χ2n) is 2.65. The Morgan fingerprint density at radius 3 is 2.92 bits per heavy atom. The highest BCUT2D eigenvalue weighted by Crippen LogP contribution is 2.22. The van der Waals surface area contributed by atoms with Crippen LogP contribution < -0.4 is 0 Å². The highest BCUT2D eigenvalue weighted by Gasteiger charge is 2.11. The Balaban J connectivity index is 2.86. The zero-order chi connectivity index (χ0) is 9.84. The monoisotopic (exact) mass is 198 g/mol. The predicted molar refractivity (Wildman–Crippen MR) is 50.1 cm³/mol. The number of carbonyl (C=O) groups excluding carboxylic acids is 2. The van der Waals surface area contributed by atoms with E-state index in [2.05, 4.69) is 4.74 Å². The molecule has 0 aliphatic rings. The molecule has 4 heteroatoms. The van der Waals surface area contributed by atoms with Gasteiger partial charge in [0.05, 0.1) is 12.7 Å². The van der Waals surface area contributed by atoms with Crippen LogP contribution in [0.2, 0.25) is 0 Å². The molecular weight excluding hydrogens is 188 g/mol. The molecule has 0 aliphatic heterocycles. The molecule has 0 radical (unpaired) electrons. The Morgan fingerprint density at radius 2 is 2.38 bits per heavy atom. The van der Waals surface area contributed by atoms with Crippen LogP contribution in [-0.4, -0.2) is 19.4 Å². The predicted octanol–water partition coefficient (Wildman–Crippen LogP) is 1.84. The van der Waals surface area contributed by atoms with Gasteiger partial charge < -0.3 is 9.53 Å². The van der Waals surface area contributed by atoms with Crippen LogP contribution in [0, 0.1) is 0 Å². The number of aldehydes is 1. The summed E-state index contributed by atoms with van der Waals surface area (Å²) in [5.41, 5.74) is 0.510. The summed E-state index contributed by atoms with van der Waals surface area (Å²) in [6, 6.07) is 1.69. The van der Waals surface area contributed by atoms with Crippen molar-refractivity contribution >= 4 is 23.6 Å². The topological polar surface area (TPSA) is 43.4 Å². The molecule has 13 heavy (non-hydrogen) atoms. The molecule has 0 saturated heterocycles. The summed E-state index contributed by atoms with van der Waals surface area (Å²) in [4.78, 5) is 22.4. The first-order valence-electron chi connectivity index (χ1n) is 3.81. The second kappa shape index (κ2) is 4.18. The van der Waals surface area contributed by atoms with Gasteiger partial charge in [0, 0.05) is 16.2 Å². The van der Waals surface area contributed by atoms with E-state index in [4.69, 9.17) is 0 Å². The molecule has 0 saturated carbocycles. The van der Waals surface area contributed by atoms with Gasteiger partial charge in [0.15, 0.2) is 0 Å². The van der Waals surface area contributed by atoms with Crippen LogP contribution in [0.5, 0.6) is 0 Å². The van der Waals surface area contributed by atoms with E-state index in [9.17, 15) is 9.59 Å².